The van der Waals surface area contributed by atoms with Gasteiger partial charge in [0.05, 0.1) is 6.04 Å². The van der Waals surface area contributed by atoms with E-state index in [4.69, 9.17) is 5.73 Å². The Labute approximate surface area is 111 Å². The third-order valence-electron chi connectivity index (χ3n) is 3.94. The van der Waals surface area contributed by atoms with Crippen molar-refractivity contribution in [3.63, 3.8) is 0 Å². The van der Waals surface area contributed by atoms with Gasteiger partial charge in [-0.3, -0.25) is 9.69 Å². The molecule has 1 fully saturated rings. The zero-order valence-corrected chi connectivity index (χ0v) is 12.6. The quantitative estimate of drug-likeness (QED) is 0.824. The Morgan fingerprint density at radius 3 is 2.56 bits per heavy atom. The van der Waals surface area contributed by atoms with Crippen molar-refractivity contribution in [2.75, 3.05) is 26.7 Å². The molecule has 1 saturated heterocycles. The summed E-state index contributed by atoms with van der Waals surface area (Å²) in [5, 5.41) is 0. The van der Waals surface area contributed by atoms with E-state index < -0.39 is 0 Å². The Kier molecular flexibility index (Phi) is 5.17. The molecule has 0 saturated carbocycles. The highest BCUT2D eigenvalue weighted by atomic mass is 16.2. The van der Waals surface area contributed by atoms with Crippen molar-refractivity contribution in [2.45, 2.75) is 52.6 Å². The number of amides is 1. The molecule has 0 aromatic rings. The summed E-state index contributed by atoms with van der Waals surface area (Å²) in [7, 11) is 2.04. The van der Waals surface area contributed by atoms with E-state index in [1.165, 1.54) is 0 Å². The largest absolute Gasteiger partial charge is 0.338 e. The van der Waals surface area contributed by atoms with Crippen molar-refractivity contribution in [2.24, 2.45) is 11.1 Å². The summed E-state index contributed by atoms with van der Waals surface area (Å²) < 4.78 is 0. The van der Waals surface area contributed by atoms with Crippen LogP contribution in [-0.2, 0) is 4.79 Å². The second-order valence-electron chi connectivity index (χ2n) is 6.40. The van der Waals surface area contributed by atoms with Crippen LogP contribution in [0.4, 0.5) is 0 Å². The van der Waals surface area contributed by atoms with Crippen molar-refractivity contribution in [3.05, 3.63) is 0 Å². The number of nitrogens with zero attached hydrogens (tertiary/aromatic N) is 2. The highest BCUT2D eigenvalue weighted by Gasteiger charge is 2.38. The monoisotopic (exact) mass is 255 g/mol. The average molecular weight is 255 g/mol. The lowest BCUT2D eigenvalue weighted by atomic mass is 9.92. The molecule has 0 aliphatic carbocycles. The minimum atomic E-state index is -0.0502. The molecule has 2 unspecified atom stereocenters. The number of nitrogens with two attached hydrogens (primary N) is 1. The topological polar surface area (TPSA) is 49.6 Å². The molecular weight excluding hydrogens is 226 g/mol. The number of hydrogen-bond donors (Lipinski definition) is 1. The molecule has 2 atom stereocenters. The lowest BCUT2D eigenvalue weighted by molar-refractivity contribution is -0.137. The van der Waals surface area contributed by atoms with Gasteiger partial charge in [-0.2, -0.15) is 0 Å². The van der Waals surface area contributed by atoms with Crippen LogP contribution < -0.4 is 5.73 Å². The molecule has 1 amide bonds. The minimum Gasteiger partial charge on any atom is -0.338 e. The second-order valence-corrected chi connectivity index (χ2v) is 6.40. The van der Waals surface area contributed by atoms with Gasteiger partial charge in [-0.25, -0.2) is 0 Å². The zero-order chi connectivity index (χ0) is 13.9. The van der Waals surface area contributed by atoms with Crippen LogP contribution in [-0.4, -0.2) is 54.5 Å². The Balaban J connectivity index is 2.99. The van der Waals surface area contributed by atoms with Crippen molar-refractivity contribution < 1.29 is 4.79 Å². The van der Waals surface area contributed by atoms with Crippen molar-refractivity contribution in [1.29, 1.82) is 0 Å². The number of hydrogen-bond acceptors (Lipinski definition) is 3. The van der Waals surface area contributed by atoms with Crippen molar-refractivity contribution >= 4 is 5.91 Å². The highest BCUT2D eigenvalue weighted by molar-refractivity contribution is 5.82. The molecule has 1 aliphatic heterocycles. The first-order valence-electron chi connectivity index (χ1n) is 7.03. The maximum atomic E-state index is 12.7. The Bertz CT molecular complexity index is 291. The van der Waals surface area contributed by atoms with Crippen molar-refractivity contribution in [1.82, 2.24) is 9.80 Å². The smallest absolute Gasteiger partial charge is 0.240 e. The Hall–Kier alpha value is -0.610. The molecule has 2 N–H and O–H groups in total. The third-order valence-corrected chi connectivity index (χ3v) is 3.94. The van der Waals surface area contributed by atoms with E-state index >= 15 is 0 Å². The first-order valence-corrected chi connectivity index (χ1v) is 7.03. The molecule has 0 bridgehead atoms. The van der Waals surface area contributed by atoms with E-state index in [-0.39, 0.29) is 17.4 Å². The van der Waals surface area contributed by atoms with Crippen LogP contribution in [0.1, 0.15) is 40.5 Å². The normalized spacial score (nSPS) is 27.1. The molecule has 0 aromatic carbocycles. The summed E-state index contributed by atoms with van der Waals surface area (Å²) in [5.74, 6) is 0.253. The van der Waals surface area contributed by atoms with Gasteiger partial charge in [0.25, 0.3) is 0 Å². The summed E-state index contributed by atoms with van der Waals surface area (Å²) in [6.45, 7) is 11.1. The fourth-order valence-electron chi connectivity index (χ4n) is 2.85. The molecule has 1 aliphatic rings. The van der Waals surface area contributed by atoms with E-state index in [9.17, 15) is 4.79 Å². The molecule has 18 heavy (non-hydrogen) atoms. The van der Waals surface area contributed by atoms with Crippen LogP contribution in [0.2, 0.25) is 0 Å². The van der Waals surface area contributed by atoms with Gasteiger partial charge in [0.1, 0.15) is 0 Å². The Morgan fingerprint density at radius 2 is 2.06 bits per heavy atom. The van der Waals surface area contributed by atoms with Crippen LogP contribution in [0.5, 0.6) is 0 Å². The summed E-state index contributed by atoms with van der Waals surface area (Å²) in [4.78, 5) is 16.9. The predicted octanol–water partition coefficient (Wildman–Crippen LogP) is 1.30. The van der Waals surface area contributed by atoms with Crippen LogP contribution in [0.15, 0.2) is 0 Å². The molecule has 0 radical (unpaired) electrons. The maximum absolute atomic E-state index is 12.7. The van der Waals surface area contributed by atoms with Crippen LogP contribution in [0.3, 0.4) is 0 Å². The van der Waals surface area contributed by atoms with Gasteiger partial charge in [0.15, 0.2) is 0 Å². The summed E-state index contributed by atoms with van der Waals surface area (Å²) in [5.41, 5.74) is 5.80. The first-order chi connectivity index (χ1) is 8.32. The van der Waals surface area contributed by atoms with Gasteiger partial charge in [-0.05, 0) is 38.8 Å². The van der Waals surface area contributed by atoms with Gasteiger partial charge in [-0.15, -0.1) is 0 Å². The molecule has 1 heterocycles. The average Bonchev–Trinajstić information content (AvgIpc) is 2.37. The zero-order valence-electron chi connectivity index (χ0n) is 12.6. The lowest BCUT2D eigenvalue weighted by Gasteiger charge is -2.33. The van der Waals surface area contributed by atoms with Gasteiger partial charge < -0.3 is 10.6 Å². The molecule has 4 nitrogen and oxygen atoms in total. The molecule has 1 rings (SSSR count). The standard InChI is InChI=1S/C14H29N3O/c1-6-11(2)17-10-14(3,4)9-16(5)12(7-8-15)13(17)18/h11-12H,6-10,15H2,1-5H3. The van der Waals surface area contributed by atoms with Crippen LogP contribution >= 0.6 is 0 Å². The number of rotatable bonds is 4. The van der Waals surface area contributed by atoms with E-state index in [1.807, 2.05) is 7.05 Å². The van der Waals surface area contributed by atoms with Gasteiger partial charge in [0, 0.05) is 19.1 Å². The van der Waals surface area contributed by atoms with E-state index in [2.05, 4.69) is 37.5 Å². The fraction of sp³-hybridized carbons (Fsp3) is 0.929. The summed E-state index contributed by atoms with van der Waals surface area (Å²) >= 11 is 0. The molecule has 106 valence electrons. The summed E-state index contributed by atoms with van der Waals surface area (Å²) in [6, 6.07) is 0.259. The van der Waals surface area contributed by atoms with Crippen molar-refractivity contribution in [3.8, 4) is 0 Å². The summed E-state index contributed by atoms with van der Waals surface area (Å²) in [6.07, 6.45) is 1.75. The SMILES string of the molecule is CCC(C)N1CC(C)(C)CN(C)C(CCN)C1=O. The van der Waals surface area contributed by atoms with Crippen LogP contribution in [0, 0.1) is 5.41 Å². The van der Waals surface area contributed by atoms with Gasteiger partial charge in [0.2, 0.25) is 5.91 Å². The molecule has 0 aromatic heterocycles. The number of carbonyl (C=O) groups excluding carboxylic acids is 1. The van der Waals surface area contributed by atoms with Crippen LogP contribution in [0.25, 0.3) is 0 Å². The molecular formula is C14H29N3O. The molecule has 0 spiro atoms. The van der Waals surface area contributed by atoms with E-state index in [0.717, 1.165) is 25.9 Å². The van der Waals surface area contributed by atoms with Gasteiger partial charge in [-0.1, -0.05) is 20.8 Å². The fourth-order valence-corrected chi connectivity index (χ4v) is 2.85. The third kappa shape index (κ3) is 3.45. The lowest BCUT2D eigenvalue weighted by Crippen LogP contribution is -2.48. The minimum absolute atomic E-state index is 0.0502. The van der Waals surface area contributed by atoms with E-state index in [0.29, 0.717) is 12.6 Å². The molecule has 4 heteroatoms. The maximum Gasteiger partial charge on any atom is 0.240 e. The number of carbonyl (C=O) groups is 1. The second kappa shape index (κ2) is 6.02. The highest BCUT2D eigenvalue weighted by Crippen LogP contribution is 2.27. The predicted molar refractivity (Wildman–Crippen MR) is 75.3 cm³/mol. The van der Waals surface area contributed by atoms with E-state index in [1.54, 1.807) is 0 Å². The van der Waals surface area contributed by atoms with Gasteiger partial charge >= 0.3 is 0 Å². The Morgan fingerprint density at radius 1 is 1.44 bits per heavy atom. The first kappa shape index (κ1) is 15.4. The number of likely N-dealkylation sites (N-methyl/N-ethyl adjacent to an activating group) is 1.